The van der Waals surface area contributed by atoms with E-state index in [0.717, 1.165) is 17.7 Å². The van der Waals surface area contributed by atoms with Crippen LogP contribution in [-0.4, -0.2) is 87.8 Å². The highest BCUT2D eigenvalue weighted by Crippen LogP contribution is 2.83. The second kappa shape index (κ2) is 11.2. The number of ether oxygens (including phenoxy) is 5. The van der Waals surface area contributed by atoms with Crippen molar-refractivity contribution in [1.82, 2.24) is 0 Å². The molecule has 2 bridgehead atoms. The van der Waals surface area contributed by atoms with Gasteiger partial charge in [-0.25, -0.2) is 4.79 Å². The van der Waals surface area contributed by atoms with Gasteiger partial charge in [-0.2, -0.15) is 0 Å². The second-order valence-electron chi connectivity index (χ2n) is 16.1. The third kappa shape index (κ3) is 4.10. The van der Waals surface area contributed by atoms with Crippen LogP contribution >= 0.6 is 0 Å². The summed E-state index contributed by atoms with van der Waals surface area (Å²) in [7, 11) is 0. The van der Waals surface area contributed by atoms with Gasteiger partial charge in [0.1, 0.15) is 11.7 Å². The molecule has 1 spiro atoms. The largest absolute Gasteiger partial charge is 0.472 e. The molecule has 0 unspecified atom stereocenters. The van der Waals surface area contributed by atoms with Crippen molar-refractivity contribution < 1.29 is 62.4 Å². The van der Waals surface area contributed by atoms with Gasteiger partial charge >= 0.3 is 17.9 Å². The van der Waals surface area contributed by atoms with E-state index in [1.54, 1.807) is 13.2 Å². The van der Waals surface area contributed by atoms with Crippen LogP contribution in [0.25, 0.3) is 0 Å². The maximum Gasteiger partial charge on any atom is 0.340 e. The number of ketones is 1. The van der Waals surface area contributed by atoms with Crippen molar-refractivity contribution in [1.29, 1.82) is 0 Å². The first-order chi connectivity index (χ1) is 24.5. The molecule has 1 aromatic heterocycles. The van der Waals surface area contributed by atoms with Crippen LogP contribution < -0.4 is 0 Å². The number of hydrogen-bond acceptors (Lipinski definition) is 14. The van der Waals surface area contributed by atoms with Gasteiger partial charge in [-0.05, 0) is 49.4 Å². The molecule has 4 saturated carbocycles. The van der Waals surface area contributed by atoms with E-state index in [0.29, 0.717) is 6.42 Å². The zero-order valence-electron chi connectivity index (χ0n) is 29.3. The van der Waals surface area contributed by atoms with Gasteiger partial charge in [0.25, 0.3) is 5.69 Å². The van der Waals surface area contributed by atoms with E-state index in [4.69, 9.17) is 28.1 Å². The first-order valence-electron chi connectivity index (χ1n) is 17.5. The molecule has 8 rings (SSSR count). The normalized spacial score (nSPS) is 45.4. The molecular weight excluding hydrogens is 682 g/mol. The van der Waals surface area contributed by atoms with E-state index < -0.39 is 105 Å². The third-order valence-electron chi connectivity index (χ3n) is 14.1. The molecule has 6 aliphatic rings. The summed E-state index contributed by atoms with van der Waals surface area (Å²) in [6, 6.07) is 6.63. The number of rotatable bonds is 6. The lowest BCUT2D eigenvalue weighted by atomic mass is 9.33. The first kappa shape index (κ1) is 34.9. The average molecular weight is 724 g/mol. The van der Waals surface area contributed by atoms with Crippen LogP contribution in [0.5, 0.6) is 0 Å². The Kier molecular flexibility index (Phi) is 7.49. The fourth-order valence-electron chi connectivity index (χ4n) is 12.0. The number of Topliss-reactive ketones (excluding diaryl/α,β-unsaturated/α-hetero) is 1. The summed E-state index contributed by atoms with van der Waals surface area (Å²) in [5.41, 5.74) is -5.90. The molecule has 6 fully saturated rings. The summed E-state index contributed by atoms with van der Waals surface area (Å²) in [6.07, 6.45) is -3.33. The van der Waals surface area contributed by atoms with Gasteiger partial charge in [-0.15, -0.1) is 0 Å². The number of epoxide rings is 1. The number of non-ortho nitro benzene ring substituents is 1. The van der Waals surface area contributed by atoms with Crippen molar-refractivity contribution in [3.8, 4) is 0 Å². The number of aliphatic hydroxyl groups is 2. The Hall–Kier alpha value is -4.18. The molecule has 15 heteroatoms. The first-order valence-corrected chi connectivity index (χ1v) is 17.5. The van der Waals surface area contributed by atoms with E-state index in [1.165, 1.54) is 32.2 Å². The fourth-order valence-corrected chi connectivity index (χ4v) is 12.0. The molecule has 1 aromatic carbocycles. The number of carbonyl (C=O) groups is 4. The Balaban J connectivity index is 1.25. The summed E-state index contributed by atoms with van der Waals surface area (Å²) < 4.78 is 36.2. The number of carbonyl (C=O) groups excluding carboxylic acids is 4. The molecule has 52 heavy (non-hydrogen) atoms. The number of nitro benzene ring substituents is 1. The highest BCUT2D eigenvalue weighted by molar-refractivity contribution is 5.93. The van der Waals surface area contributed by atoms with Crippen molar-refractivity contribution in [3.05, 3.63) is 64.1 Å². The Labute approximate surface area is 298 Å². The van der Waals surface area contributed by atoms with E-state index in [1.807, 2.05) is 19.9 Å². The molecule has 3 heterocycles. The Bertz CT molecular complexity index is 1860. The minimum absolute atomic E-state index is 0.00109. The zero-order valence-corrected chi connectivity index (χ0v) is 29.3. The topological polar surface area (TPSA) is 214 Å². The number of aliphatic hydroxyl groups excluding tert-OH is 2. The fraction of sp³-hybridized carbons (Fsp3) is 0.622. The maximum absolute atomic E-state index is 15.4. The van der Waals surface area contributed by atoms with Crippen LogP contribution in [0.2, 0.25) is 0 Å². The van der Waals surface area contributed by atoms with Crippen LogP contribution in [0.1, 0.15) is 75.7 Å². The lowest BCUT2D eigenvalue weighted by Crippen LogP contribution is -2.82. The van der Waals surface area contributed by atoms with Crippen molar-refractivity contribution in [2.24, 2.45) is 33.5 Å². The number of fused-ring (bicyclic) bond motifs is 1. The van der Waals surface area contributed by atoms with Gasteiger partial charge in [0.15, 0.2) is 11.9 Å². The summed E-state index contributed by atoms with van der Waals surface area (Å²) >= 11 is 0. The van der Waals surface area contributed by atoms with Crippen LogP contribution in [-0.2, 0) is 38.1 Å². The number of nitro groups is 1. The Morgan fingerprint density at radius 1 is 0.923 bits per heavy atom. The summed E-state index contributed by atoms with van der Waals surface area (Å²) in [5, 5.41) is 36.1. The van der Waals surface area contributed by atoms with Crippen molar-refractivity contribution in [3.63, 3.8) is 0 Å². The Morgan fingerprint density at radius 2 is 1.62 bits per heavy atom. The number of furan rings is 1. The van der Waals surface area contributed by atoms with Crippen molar-refractivity contribution in [2.45, 2.75) is 102 Å². The highest BCUT2D eigenvalue weighted by atomic mass is 16.7. The molecular formula is C37H41NO14. The molecule has 0 amide bonds. The standard InChI is InChI=1S/C37H41NO14/c1-17(39)49-26-14-25(42)36-16-48-32(51-31(44)19-6-8-21(9-7-19)38(45)46)33(26,3)23(36)13-24(41)35(5)29(36)28(43)30(50-18(2)40)34(4)22(20-10-11-47-15-20)12-27-37(34,35)52-27/h6-11,15,22-27,29-30,32,41-42H,12-14,16H2,1-5H3/t22-,23-,24+,25-,26+,27+,29-,30-,32+,33+,34+,35+,36+,37+/m0/s1. The van der Waals surface area contributed by atoms with Crippen LogP contribution in [0, 0.1) is 43.6 Å². The van der Waals surface area contributed by atoms with Crippen molar-refractivity contribution in [2.75, 3.05) is 6.61 Å². The number of benzene rings is 1. The molecule has 2 N–H and O–H groups in total. The minimum atomic E-state index is -1.44. The van der Waals surface area contributed by atoms with Crippen LogP contribution in [0.3, 0.4) is 0 Å². The zero-order chi connectivity index (χ0) is 37.3. The van der Waals surface area contributed by atoms with Crippen LogP contribution in [0.4, 0.5) is 5.69 Å². The number of esters is 3. The van der Waals surface area contributed by atoms with Gasteiger partial charge in [0, 0.05) is 55.1 Å². The van der Waals surface area contributed by atoms with Gasteiger partial charge in [-0.1, -0.05) is 13.8 Å². The van der Waals surface area contributed by atoms with Gasteiger partial charge in [0.2, 0.25) is 6.29 Å². The molecule has 2 aromatic rings. The molecule has 15 nitrogen and oxygen atoms in total. The molecule has 0 radical (unpaired) electrons. The number of nitrogens with zero attached hydrogens (tertiary/aromatic N) is 1. The lowest BCUT2D eigenvalue weighted by Gasteiger charge is -2.73. The summed E-state index contributed by atoms with van der Waals surface area (Å²) in [4.78, 5) is 64.8. The van der Waals surface area contributed by atoms with Crippen LogP contribution in [0.15, 0.2) is 47.3 Å². The predicted molar refractivity (Wildman–Crippen MR) is 173 cm³/mol. The SMILES string of the molecule is CC(=O)O[C@@H]1C[C@H](O)[C@@]23CO[C@H](OC(=O)c4ccc([N+](=O)[O-])cc4)[C@]1(C)[C@@H]2C[C@@H](O)[C@]1(C)[C@@H]3C(=O)[C@H](OC(C)=O)[C@@]2(C)[C@H](c3ccoc3)C[C@H]3O[C@]321. The van der Waals surface area contributed by atoms with E-state index >= 15 is 4.79 Å². The summed E-state index contributed by atoms with van der Waals surface area (Å²) in [6.45, 7) is 7.51. The lowest BCUT2D eigenvalue weighted by molar-refractivity contribution is -0.384. The van der Waals surface area contributed by atoms with Gasteiger partial charge in [-0.3, -0.25) is 24.5 Å². The quantitative estimate of drug-likeness (QED) is 0.144. The highest BCUT2D eigenvalue weighted by Gasteiger charge is 2.92. The number of hydrogen-bond donors (Lipinski definition) is 2. The summed E-state index contributed by atoms with van der Waals surface area (Å²) in [5.74, 6) is -5.06. The van der Waals surface area contributed by atoms with Gasteiger partial charge < -0.3 is 38.3 Å². The molecule has 4 aliphatic carbocycles. The third-order valence-corrected chi connectivity index (χ3v) is 14.1. The second-order valence-corrected chi connectivity index (χ2v) is 16.1. The van der Waals surface area contributed by atoms with E-state index in [9.17, 15) is 34.7 Å². The van der Waals surface area contributed by atoms with Gasteiger partial charge in [0.05, 0.1) is 58.8 Å². The Morgan fingerprint density at radius 3 is 2.23 bits per heavy atom. The monoisotopic (exact) mass is 723 g/mol. The predicted octanol–water partition coefficient (Wildman–Crippen LogP) is 3.24. The minimum Gasteiger partial charge on any atom is -0.472 e. The smallest absolute Gasteiger partial charge is 0.340 e. The molecule has 2 aliphatic heterocycles. The molecule has 2 saturated heterocycles. The van der Waals surface area contributed by atoms with E-state index in [2.05, 4.69) is 0 Å². The van der Waals surface area contributed by atoms with Crippen molar-refractivity contribution >= 4 is 29.4 Å². The molecule has 278 valence electrons. The van der Waals surface area contributed by atoms with E-state index in [-0.39, 0.29) is 36.6 Å². The molecule has 14 atom stereocenters. The maximum atomic E-state index is 15.4. The average Bonchev–Trinajstić information content (AvgIpc) is 3.44.